The summed E-state index contributed by atoms with van der Waals surface area (Å²) in [5, 5.41) is 1.78. The van der Waals surface area contributed by atoms with Gasteiger partial charge in [-0.25, -0.2) is 8.42 Å². The highest BCUT2D eigenvalue weighted by Gasteiger charge is 2.40. The van der Waals surface area contributed by atoms with Crippen LogP contribution in [-0.4, -0.2) is 48.4 Å². The second-order valence-electron chi connectivity index (χ2n) is 8.07. The highest BCUT2D eigenvalue weighted by atomic mass is 32.2. The summed E-state index contributed by atoms with van der Waals surface area (Å²) < 4.78 is 28.3. The van der Waals surface area contributed by atoms with Crippen molar-refractivity contribution >= 4 is 39.3 Å². The average molecular weight is 455 g/mol. The molecule has 2 atom stereocenters. The van der Waals surface area contributed by atoms with E-state index in [4.69, 9.17) is 0 Å². The molecule has 1 aliphatic heterocycles. The van der Waals surface area contributed by atoms with Crippen molar-refractivity contribution in [3.63, 3.8) is 0 Å². The molecule has 0 unspecified atom stereocenters. The number of thiol groups is 1. The molecule has 0 bridgehead atoms. The number of nitrogens with zero attached hydrogens (tertiary/aromatic N) is 2. The first-order valence-electron chi connectivity index (χ1n) is 10.3. The van der Waals surface area contributed by atoms with E-state index in [1.165, 1.54) is 4.31 Å². The molecule has 162 valence electrons. The largest absolute Gasteiger partial charge is 0.341 e. The summed E-state index contributed by atoms with van der Waals surface area (Å²) in [4.78, 5) is 14.8. The third-order valence-corrected chi connectivity index (χ3v) is 8.06. The number of hydrogen-bond acceptors (Lipinski definition) is 4. The lowest BCUT2D eigenvalue weighted by atomic mass is 10.1. The molecule has 0 aromatic heterocycles. The number of sulfonamides is 1. The van der Waals surface area contributed by atoms with Gasteiger partial charge in [0.25, 0.3) is 0 Å². The van der Waals surface area contributed by atoms with Crippen molar-refractivity contribution in [3.05, 3.63) is 78.4 Å². The fourth-order valence-corrected chi connectivity index (χ4v) is 6.35. The van der Waals surface area contributed by atoms with Crippen LogP contribution < -0.4 is 0 Å². The SMILES string of the molecule is CN(Cc1ccccc1)C(=O)C[C@@H]1C[C@@H](S)CN1S(=O)(=O)c1ccc2ccccc2c1. The van der Waals surface area contributed by atoms with Gasteiger partial charge in [-0.1, -0.05) is 60.7 Å². The predicted octanol–water partition coefficient (Wildman–Crippen LogP) is 3.95. The predicted molar refractivity (Wildman–Crippen MR) is 127 cm³/mol. The Hall–Kier alpha value is -2.35. The van der Waals surface area contributed by atoms with Crippen molar-refractivity contribution < 1.29 is 13.2 Å². The molecule has 4 rings (SSSR count). The first kappa shape index (κ1) is 21.9. The van der Waals surface area contributed by atoms with E-state index >= 15 is 0 Å². The van der Waals surface area contributed by atoms with Gasteiger partial charge in [0, 0.05) is 37.8 Å². The average Bonchev–Trinajstić information content (AvgIpc) is 3.14. The molecule has 3 aromatic carbocycles. The highest BCUT2D eigenvalue weighted by molar-refractivity contribution is 7.89. The number of fused-ring (bicyclic) bond motifs is 1. The van der Waals surface area contributed by atoms with Crippen molar-refractivity contribution in [1.29, 1.82) is 0 Å². The van der Waals surface area contributed by atoms with E-state index in [1.54, 1.807) is 24.1 Å². The fraction of sp³-hybridized carbons (Fsp3) is 0.292. The maximum Gasteiger partial charge on any atom is 0.243 e. The fourth-order valence-electron chi connectivity index (χ4n) is 4.11. The molecule has 0 saturated carbocycles. The molecule has 1 heterocycles. The molecule has 1 fully saturated rings. The van der Waals surface area contributed by atoms with Crippen LogP contribution in [0.15, 0.2) is 77.7 Å². The van der Waals surface area contributed by atoms with Crippen molar-refractivity contribution in [1.82, 2.24) is 9.21 Å². The van der Waals surface area contributed by atoms with Gasteiger partial charge in [0.15, 0.2) is 0 Å². The number of hydrogen-bond donors (Lipinski definition) is 1. The summed E-state index contributed by atoms with van der Waals surface area (Å²) in [6.07, 6.45) is 0.702. The summed E-state index contributed by atoms with van der Waals surface area (Å²) in [5.41, 5.74) is 1.04. The lowest BCUT2D eigenvalue weighted by Crippen LogP contribution is -2.39. The minimum atomic E-state index is -3.73. The molecular weight excluding hydrogens is 428 g/mol. The van der Waals surface area contributed by atoms with E-state index in [-0.39, 0.29) is 22.5 Å². The highest BCUT2D eigenvalue weighted by Crippen LogP contribution is 2.32. The second kappa shape index (κ2) is 9.02. The van der Waals surface area contributed by atoms with Gasteiger partial charge >= 0.3 is 0 Å². The van der Waals surface area contributed by atoms with Gasteiger partial charge in [0.2, 0.25) is 15.9 Å². The number of benzene rings is 3. The van der Waals surface area contributed by atoms with Crippen molar-refractivity contribution in [2.75, 3.05) is 13.6 Å². The van der Waals surface area contributed by atoms with Gasteiger partial charge in [-0.15, -0.1) is 0 Å². The monoisotopic (exact) mass is 454 g/mol. The molecule has 1 amide bonds. The Morgan fingerprint density at radius 2 is 1.71 bits per heavy atom. The van der Waals surface area contributed by atoms with Crippen LogP contribution in [0, 0.1) is 0 Å². The summed E-state index contributed by atoms with van der Waals surface area (Å²) in [6, 6.07) is 22.2. The molecule has 0 radical (unpaired) electrons. The standard InChI is InChI=1S/C24H26N2O3S2/c1-25(16-18-7-3-2-4-8-18)24(27)15-21-14-22(30)17-26(21)31(28,29)23-12-11-19-9-5-6-10-20(19)13-23/h2-13,21-22,30H,14-17H2,1H3/t21-,22+/m0/s1. The van der Waals surface area contributed by atoms with Gasteiger partial charge in [-0.3, -0.25) is 4.79 Å². The minimum absolute atomic E-state index is 0.0741. The Bertz CT molecular complexity index is 1180. The zero-order valence-electron chi connectivity index (χ0n) is 17.4. The maximum absolute atomic E-state index is 13.4. The first-order valence-corrected chi connectivity index (χ1v) is 12.3. The van der Waals surface area contributed by atoms with Crippen LogP contribution in [0.5, 0.6) is 0 Å². The molecular formula is C24H26N2O3S2. The Kier molecular flexibility index (Phi) is 6.36. The zero-order chi connectivity index (χ0) is 22.0. The third kappa shape index (κ3) is 4.79. The number of amides is 1. The summed E-state index contributed by atoms with van der Waals surface area (Å²) in [7, 11) is -1.97. The zero-order valence-corrected chi connectivity index (χ0v) is 19.1. The Labute approximate surface area is 189 Å². The van der Waals surface area contributed by atoms with Gasteiger partial charge in [0.1, 0.15) is 0 Å². The van der Waals surface area contributed by atoms with E-state index in [0.717, 1.165) is 16.3 Å². The van der Waals surface area contributed by atoms with Crippen molar-refractivity contribution in [2.24, 2.45) is 0 Å². The van der Waals surface area contributed by atoms with Crippen LogP contribution in [0.1, 0.15) is 18.4 Å². The maximum atomic E-state index is 13.4. The van der Waals surface area contributed by atoms with E-state index in [9.17, 15) is 13.2 Å². The van der Waals surface area contributed by atoms with E-state index < -0.39 is 16.1 Å². The number of carbonyl (C=O) groups is 1. The number of carbonyl (C=O) groups excluding carboxylic acids is 1. The normalized spacial score (nSPS) is 19.5. The molecule has 31 heavy (non-hydrogen) atoms. The molecule has 5 nitrogen and oxygen atoms in total. The van der Waals surface area contributed by atoms with Crippen LogP contribution in [0.25, 0.3) is 10.8 Å². The van der Waals surface area contributed by atoms with E-state index in [0.29, 0.717) is 19.5 Å². The molecule has 1 saturated heterocycles. The molecule has 0 spiro atoms. The van der Waals surface area contributed by atoms with Crippen LogP contribution in [-0.2, 0) is 21.4 Å². The molecule has 0 N–H and O–H groups in total. The van der Waals surface area contributed by atoms with Crippen LogP contribution >= 0.6 is 12.6 Å². The van der Waals surface area contributed by atoms with Crippen molar-refractivity contribution in [3.8, 4) is 0 Å². The van der Waals surface area contributed by atoms with Gasteiger partial charge < -0.3 is 4.90 Å². The molecule has 3 aromatic rings. The Morgan fingerprint density at radius 1 is 1.03 bits per heavy atom. The number of rotatable bonds is 6. The summed E-state index contributed by atoms with van der Waals surface area (Å²) in [5.74, 6) is -0.0741. The lowest BCUT2D eigenvalue weighted by molar-refractivity contribution is -0.131. The van der Waals surface area contributed by atoms with Gasteiger partial charge in [0.05, 0.1) is 4.90 Å². The quantitative estimate of drug-likeness (QED) is 0.574. The van der Waals surface area contributed by atoms with Crippen LogP contribution in [0.4, 0.5) is 0 Å². The Balaban J connectivity index is 1.53. The molecule has 7 heteroatoms. The van der Waals surface area contributed by atoms with Gasteiger partial charge in [-0.2, -0.15) is 16.9 Å². The summed E-state index contributed by atoms with van der Waals surface area (Å²) >= 11 is 4.54. The van der Waals surface area contributed by atoms with Crippen LogP contribution in [0.2, 0.25) is 0 Å². The Morgan fingerprint density at radius 3 is 2.45 bits per heavy atom. The molecule has 1 aliphatic rings. The smallest absolute Gasteiger partial charge is 0.243 e. The first-order chi connectivity index (χ1) is 14.8. The lowest BCUT2D eigenvalue weighted by Gasteiger charge is -2.26. The topological polar surface area (TPSA) is 57.7 Å². The third-order valence-electron chi connectivity index (χ3n) is 5.77. The van der Waals surface area contributed by atoms with E-state index in [2.05, 4.69) is 12.6 Å². The van der Waals surface area contributed by atoms with E-state index in [1.807, 2.05) is 60.7 Å². The van der Waals surface area contributed by atoms with Crippen molar-refractivity contribution in [2.45, 2.75) is 35.6 Å². The molecule has 0 aliphatic carbocycles. The van der Waals surface area contributed by atoms with Crippen LogP contribution in [0.3, 0.4) is 0 Å². The second-order valence-corrected chi connectivity index (χ2v) is 10.7. The summed E-state index contributed by atoms with van der Waals surface area (Å²) in [6.45, 7) is 0.798. The van der Waals surface area contributed by atoms with Gasteiger partial charge in [-0.05, 0) is 34.9 Å². The minimum Gasteiger partial charge on any atom is -0.341 e.